The summed E-state index contributed by atoms with van der Waals surface area (Å²) in [5.74, 6) is -1.12. The van der Waals surface area contributed by atoms with E-state index >= 15 is 0 Å². The Morgan fingerprint density at radius 1 is 1.17 bits per heavy atom. The highest BCUT2D eigenvalue weighted by atomic mass is 16.9. The van der Waals surface area contributed by atoms with Crippen molar-refractivity contribution in [2.75, 3.05) is 6.61 Å². The van der Waals surface area contributed by atoms with Crippen LogP contribution in [-0.4, -0.2) is 25.0 Å². The Morgan fingerprint density at radius 2 is 1.58 bits per heavy atom. The molecule has 0 rings (SSSR count). The standard InChI is InChI=1S/C7H12O5/c1-4-10-7(11-5(2)8)12-6(3)9/h7H,4H2,1-3H3. The molecule has 0 radical (unpaired) electrons. The molecule has 5 heteroatoms. The molecular weight excluding hydrogens is 164 g/mol. The summed E-state index contributed by atoms with van der Waals surface area (Å²) >= 11 is 0. The van der Waals surface area contributed by atoms with Gasteiger partial charge in [-0.15, -0.1) is 0 Å². The van der Waals surface area contributed by atoms with E-state index in [1.807, 2.05) is 0 Å². The van der Waals surface area contributed by atoms with Gasteiger partial charge in [-0.1, -0.05) is 0 Å². The van der Waals surface area contributed by atoms with Gasteiger partial charge in [0.1, 0.15) is 0 Å². The monoisotopic (exact) mass is 176 g/mol. The first kappa shape index (κ1) is 10.9. The van der Waals surface area contributed by atoms with E-state index < -0.39 is 18.4 Å². The van der Waals surface area contributed by atoms with Gasteiger partial charge in [-0.25, -0.2) is 0 Å². The van der Waals surface area contributed by atoms with Crippen LogP contribution in [0.2, 0.25) is 0 Å². The van der Waals surface area contributed by atoms with Gasteiger partial charge in [-0.05, 0) is 6.92 Å². The van der Waals surface area contributed by atoms with Crippen LogP contribution in [-0.2, 0) is 23.8 Å². The second-order valence-corrected chi connectivity index (χ2v) is 1.96. The highest BCUT2D eigenvalue weighted by molar-refractivity contribution is 5.67. The first-order chi connectivity index (χ1) is 5.56. The number of carbonyl (C=O) groups is 2. The Balaban J connectivity index is 3.85. The molecule has 0 atom stereocenters. The maximum atomic E-state index is 10.4. The van der Waals surface area contributed by atoms with Crippen molar-refractivity contribution in [1.29, 1.82) is 0 Å². The van der Waals surface area contributed by atoms with E-state index in [9.17, 15) is 9.59 Å². The van der Waals surface area contributed by atoms with Crippen molar-refractivity contribution < 1.29 is 23.8 Å². The minimum absolute atomic E-state index is 0.297. The zero-order chi connectivity index (χ0) is 9.56. The molecule has 0 fully saturated rings. The molecule has 5 nitrogen and oxygen atoms in total. The summed E-state index contributed by atoms with van der Waals surface area (Å²) in [6.45, 7) is 3.18. The van der Waals surface area contributed by atoms with Gasteiger partial charge in [0.2, 0.25) is 0 Å². The van der Waals surface area contributed by atoms with E-state index in [-0.39, 0.29) is 0 Å². The van der Waals surface area contributed by atoms with Crippen molar-refractivity contribution in [1.82, 2.24) is 0 Å². The lowest BCUT2D eigenvalue weighted by Crippen LogP contribution is -2.25. The van der Waals surface area contributed by atoms with Crippen molar-refractivity contribution >= 4 is 11.9 Å². The van der Waals surface area contributed by atoms with Gasteiger partial charge >= 0.3 is 18.4 Å². The van der Waals surface area contributed by atoms with Crippen LogP contribution in [0.3, 0.4) is 0 Å². The summed E-state index contributed by atoms with van der Waals surface area (Å²) in [6.07, 6.45) is 0. The van der Waals surface area contributed by atoms with Crippen LogP contribution in [0.15, 0.2) is 0 Å². The molecule has 0 aromatic heterocycles. The van der Waals surface area contributed by atoms with Crippen molar-refractivity contribution in [3.8, 4) is 0 Å². The molecule has 0 aromatic rings. The van der Waals surface area contributed by atoms with Gasteiger partial charge in [-0.3, -0.25) is 9.59 Å². The zero-order valence-electron chi connectivity index (χ0n) is 7.33. The lowest BCUT2D eigenvalue weighted by molar-refractivity contribution is -0.262. The lowest BCUT2D eigenvalue weighted by atomic mass is 10.8. The van der Waals surface area contributed by atoms with E-state index in [4.69, 9.17) is 4.74 Å². The maximum absolute atomic E-state index is 10.4. The van der Waals surface area contributed by atoms with Crippen LogP contribution in [0.25, 0.3) is 0 Å². The van der Waals surface area contributed by atoms with Crippen LogP contribution >= 0.6 is 0 Å². The molecule has 0 N–H and O–H groups in total. The van der Waals surface area contributed by atoms with E-state index in [1.165, 1.54) is 13.8 Å². The molecule has 0 saturated heterocycles. The van der Waals surface area contributed by atoms with Crippen molar-refractivity contribution in [2.45, 2.75) is 27.2 Å². The highest BCUT2D eigenvalue weighted by Gasteiger charge is 2.13. The second kappa shape index (κ2) is 5.54. The van der Waals surface area contributed by atoms with Gasteiger partial charge in [0.25, 0.3) is 0 Å². The molecule has 0 aliphatic heterocycles. The molecular formula is C7H12O5. The van der Waals surface area contributed by atoms with E-state index in [1.54, 1.807) is 6.92 Å². The normalized spacial score (nSPS) is 9.67. The second-order valence-electron chi connectivity index (χ2n) is 1.96. The molecule has 0 aliphatic carbocycles. The van der Waals surface area contributed by atoms with Gasteiger partial charge in [0, 0.05) is 13.8 Å². The highest BCUT2D eigenvalue weighted by Crippen LogP contribution is 1.98. The predicted molar refractivity (Wildman–Crippen MR) is 38.9 cm³/mol. The Labute approximate surface area is 70.6 Å². The van der Waals surface area contributed by atoms with Gasteiger partial charge in [-0.2, -0.15) is 0 Å². The molecule has 0 heterocycles. The third-order valence-electron chi connectivity index (χ3n) is 0.827. The molecule has 0 unspecified atom stereocenters. The van der Waals surface area contributed by atoms with E-state index in [2.05, 4.69) is 9.47 Å². The summed E-state index contributed by atoms with van der Waals surface area (Å²) in [5.41, 5.74) is 0. The average molecular weight is 176 g/mol. The smallest absolute Gasteiger partial charge is 0.364 e. The maximum Gasteiger partial charge on any atom is 0.364 e. The zero-order valence-corrected chi connectivity index (χ0v) is 7.33. The number of carbonyl (C=O) groups excluding carboxylic acids is 2. The minimum Gasteiger partial charge on any atom is -0.400 e. The Kier molecular flexibility index (Phi) is 5.03. The lowest BCUT2D eigenvalue weighted by Gasteiger charge is -2.14. The SMILES string of the molecule is CCOC(OC(C)=O)OC(C)=O. The quantitative estimate of drug-likeness (QED) is 0.459. The minimum atomic E-state index is -1.22. The van der Waals surface area contributed by atoms with E-state index in [0.29, 0.717) is 6.61 Å². The fourth-order valence-corrected chi connectivity index (χ4v) is 0.499. The van der Waals surface area contributed by atoms with Crippen LogP contribution in [0.1, 0.15) is 20.8 Å². The number of rotatable bonds is 4. The third-order valence-corrected chi connectivity index (χ3v) is 0.827. The van der Waals surface area contributed by atoms with Gasteiger partial charge in [0.05, 0.1) is 6.61 Å². The molecule has 0 spiro atoms. The molecule has 0 saturated carbocycles. The predicted octanol–water partition coefficient (Wildman–Crippen LogP) is 0.433. The fraction of sp³-hybridized carbons (Fsp3) is 0.714. The topological polar surface area (TPSA) is 61.8 Å². The Hall–Kier alpha value is -1.10. The van der Waals surface area contributed by atoms with Crippen molar-refractivity contribution in [2.24, 2.45) is 0 Å². The third kappa shape index (κ3) is 5.67. The molecule has 0 amide bonds. The summed E-state index contributed by atoms with van der Waals surface area (Å²) in [4.78, 5) is 20.8. The van der Waals surface area contributed by atoms with E-state index in [0.717, 1.165) is 0 Å². The largest absolute Gasteiger partial charge is 0.400 e. The Morgan fingerprint density at radius 3 is 1.83 bits per heavy atom. The summed E-state index contributed by atoms with van der Waals surface area (Å²) in [6, 6.07) is 0. The Bertz CT molecular complexity index is 149. The van der Waals surface area contributed by atoms with Gasteiger partial charge in [0.15, 0.2) is 0 Å². The van der Waals surface area contributed by atoms with Crippen LogP contribution in [0.4, 0.5) is 0 Å². The average Bonchev–Trinajstić information content (AvgIpc) is 1.84. The first-order valence-electron chi connectivity index (χ1n) is 3.52. The molecule has 70 valence electrons. The van der Waals surface area contributed by atoms with Gasteiger partial charge < -0.3 is 14.2 Å². The van der Waals surface area contributed by atoms with Crippen LogP contribution in [0.5, 0.6) is 0 Å². The number of hydrogen-bond acceptors (Lipinski definition) is 5. The molecule has 0 aliphatic rings. The summed E-state index contributed by atoms with van der Waals surface area (Å²) in [7, 11) is 0. The fourth-order valence-electron chi connectivity index (χ4n) is 0.499. The summed E-state index contributed by atoms with van der Waals surface area (Å²) < 4.78 is 13.8. The number of hydrogen-bond donors (Lipinski definition) is 0. The number of ether oxygens (including phenoxy) is 3. The van der Waals surface area contributed by atoms with Crippen molar-refractivity contribution in [3.63, 3.8) is 0 Å². The first-order valence-corrected chi connectivity index (χ1v) is 3.52. The van der Waals surface area contributed by atoms with Crippen molar-refractivity contribution in [3.05, 3.63) is 0 Å². The molecule has 0 bridgehead atoms. The summed E-state index contributed by atoms with van der Waals surface area (Å²) in [5, 5.41) is 0. The van der Waals surface area contributed by atoms with Crippen LogP contribution in [0, 0.1) is 0 Å². The van der Waals surface area contributed by atoms with Crippen LogP contribution < -0.4 is 0 Å². The molecule has 12 heavy (non-hydrogen) atoms. The molecule has 0 aromatic carbocycles. The number of esters is 2.